The highest BCUT2D eigenvalue weighted by atomic mass is 32.1. The molecule has 0 saturated heterocycles. The summed E-state index contributed by atoms with van der Waals surface area (Å²) in [6.45, 7) is 0. The number of rotatable bonds is 16. The molecule has 10 nitrogen and oxygen atoms in total. The molecule has 0 bridgehead atoms. The smallest absolute Gasteiger partial charge is 0.166 e. The van der Waals surface area contributed by atoms with E-state index in [1.807, 2.05) is 132 Å². The second-order valence-corrected chi connectivity index (χ2v) is 36.1. The Morgan fingerprint density at radius 1 is 0.176 bits per heavy atom. The predicted molar refractivity (Wildman–Crippen MR) is 566 cm³/mol. The number of para-hydroxylation sites is 4. The Labute approximate surface area is 792 Å². The number of hydrogen-bond acceptors (Lipinski definition) is 10. The summed E-state index contributed by atoms with van der Waals surface area (Å²) >= 11 is 3.68. The second-order valence-electron chi connectivity index (χ2n) is 33.9. The fraction of sp³-hybridized carbons (Fsp3) is 0. The van der Waals surface area contributed by atoms with E-state index in [9.17, 15) is 0 Å². The molecule has 0 saturated carbocycles. The van der Waals surface area contributed by atoms with Crippen LogP contribution in [0.4, 0.5) is 0 Å². The van der Waals surface area contributed by atoms with Crippen molar-refractivity contribution in [2.75, 3.05) is 0 Å². The molecule has 0 aliphatic carbocycles. The normalized spacial score (nSPS) is 11.5. The topological polar surface area (TPSA) is 113 Å². The van der Waals surface area contributed by atoms with E-state index in [1.54, 1.807) is 0 Å². The molecule has 26 rings (SSSR count). The van der Waals surface area contributed by atoms with Crippen LogP contribution >= 0.6 is 22.7 Å². The molecule has 0 aliphatic heterocycles. The summed E-state index contributed by atoms with van der Waals surface area (Å²) in [4.78, 5) is 42.2. The Morgan fingerprint density at radius 2 is 0.507 bits per heavy atom. The van der Waals surface area contributed by atoms with Crippen LogP contribution in [0.15, 0.2) is 473 Å². The number of benzene rings is 18. The minimum absolute atomic E-state index is 0.550. The Kier molecular flexibility index (Phi) is 20.4. The van der Waals surface area contributed by atoms with E-state index in [-0.39, 0.29) is 0 Å². The van der Waals surface area contributed by atoms with Gasteiger partial charge in [-0.3, -0.25) is 9.97 Å². The number of nitrogens with zero attached hydrogens (tertiary/aromatic N) is 10. The van der Waals surface area contributed by atoms with Crippen LogP contribution in [0, 0.1) is 0 Å². The van der Waals surface area contributed by atoms with Gasteiger partial charge in [0, 0.05) is 132 Å². The fourth-order valence-corrected chi connectivity index (χ4v) is 21.9. The molecule has 0 atom stereocenters. The minimum atomic E-state index is 0.550. The Balaban J connectivity index is 0.000000145. The number of thiophene rings is 2. The quantitative estimate of drug-likeness (QED) is 0.0940. The summed E-state index contributed by atoms with van der Waals surface area (Å²) in [7, 11) is 0. The predicted octanol–water partition coefficient (Wildman–Crippen LogP) is 32.8. The van der Waals surface area contributed by atoms with Gasteiger partial charge in [-0.2, -0.15) is 0 Å². The van der Waals surface area contributed by atoms with Gasteiger partial charge in [-0.25, -0.2) is 29.9 Å². The van der Waals surface area contributed by atoms with Crippen molar-refractivity contribution in [3.05, 3.63) is 473 Å². The van der Waals surface area contributed by atoms with E-state index in [2.05, 4.69) is 373 Å². The number of hydrogen-bond donors (Lipinski definition) is 0. The van der Waals surface area contributed by atoms with E-state index in [0.717, 1.165) is 128 Å². The van der Waals surface area contributed by atoms with Gasteiger partial charge in [0.05, 0.1) is 42.9 Å². The maximum absolute atomic E-state index is 5.49. The van der Waals surface area contributed by atoms with E-state index in [4.69, 9.17) is 39.9 Å². The zero-order valence-corrected chi connectivity index (χ0v) is 75.0. The molecule has 8 heterocycles. The van der Waals surface area contributed by atoms with Gasteiger partial charge in [0.15, 0.2) is 34.9 Å². The highest BCUT2D eigenvalue weighted by molar-refractivity contribution is 7.27. The number of aromatic nitrogens is 10. The zero-order chi connectivity index (χ0) is 89.9. The molecule has 0 unspecified atom stereocenters. The molecular weight excluding hydrogens is 1690 g/mol. The molecule has 12 heteroatoms. The van der Waals surface area contributed by atoms with Gasteiger partial charge in [0.25, 0.3) is 0 Å². The van der Waals surface area contributed by atoms with Crippen molar-refractivity contribution < 1.29 is 0 Å². The van der Waals surface area contributed by atoms with Gasteiger partial charge in [-0.05, 0) is 134 Å². The third kappa shape index (κ3) is 14.6. The maximum atomic E-state index is 5.49. The molecule has 0 aliphatic rings. The van der Waals surface area contributed by atoms with Crippen molar-refractivity contribution >= 4 is 107 Å². The first-order chi connectivity index (χ1) is 67.4. The Bertz CT molecular complexity index is 8940. The molecule has 0 fully saturated rings. The SMILES string of the molecule is c1ccc(-c2nc(-c3ccccc3)nc(-c3cc(-c4ccc(-c5ccccc5)c(-c5ccccc5)c4)cnc3-c3ccc4sc5c(ccc6c7ccccc7n(-c7ccccc7)c65)c4c3)n2)cc1.c1ccc(-c2nc(-c3ccccc3)nc(-c3cc(-c4ccc(-c5ccccc5)c(-c5ccccc5)c4)cnc3-c3cccc4sc5c(ccc6c7ccccc7n(-c7ccccc7)c65)c34)n2)cc1. The highest BCUT2D eigenvalue weighted by Crippen LogP contribution is 2.51. The average molecular weight is 1770 g/mol. The van der Waals surface area contributed by atoms with Crippen molar-refractivity contribution in [3.8, 4) is 169 Å². The zero-order valence-electron chi connectivity index (χ0n) is 73.3. The molecule has 0 N–H and O–H groups in total. The lowest BCUT2D eigenvalue weighted by atomic mass is 9.90. The van der Waals surface area contributed by atoms with Crippen LogP contribution in [-0.4, -0.2) is 49.0 Å². The molecular formula is C124H78N10S2. The summed E-state index contributed by atoms with van der Waals surface area (Å²) in [6.07, 6.45) is 4.02. The van der Waals surface area contributed by atoms with Gasteiger partial charge in [-0.1, -0.05) is 382 Å². The summed E-state index contributed by atoms with van der Waals surface area (Å²) in [5.41, 5.74) is 29.2. The third-order valence-electron chi connectivity index (χ3n) is 25.8. The van der Waals surface area contributed by atoms with Crippen LogP contribution in [0.5, 0.6) is 0 Å². The van der Waals surface area contributed by atoms with Crippen LogP contribution in [-0.2, 0) is 0 Å². The van der Waals surface area contributed by atoms with Crippen molar-refractivity contribution in [1.29, 1.82) is 0 Å². The molecule has 8 aromatic heterocycles. The molecule has 136 heavy (non-hydrogen) atoms. The van der Waals surface area contributed by atoms with Crippen molar-refractivity contribution in [2.24, 2.45) is 0 Å². The Morgan fingerprint density at radius 3 is 0.941 bits per heavy atom. The van der Waals surface area contributed by atoms with Gasteiger partial charge in [0.1, 0.15) is 0 Å². The van der Waals surface area contributed by atoms with E-state index in [0.29, 0.717) is 34.9 Å². The average Bonchev–Trinajstić information content (AvgIpc) is 1.56. The standard InChI is InChI=1S/2C62H39N5S/c1-6-19-40(20-7-1)47-34-33-44(37-52(47)41-21-8-2-9-22-41)45-38-53(62-65-60(42-23-10-3-11-24-42)64-61(66-62)43-25-12-4-13-26-43)57(63-39-45)50-30-18-32-55-56(50)51-36-35-49-48-29-16-17-31-54(48)67(58(49)59(51)68-55)46-27-14-5-15-28-46;1-6-18-40(19-7-1)48-32-30-44(36-52(48)41-20-8-2-9-21-41)46-38-54(62-65-60(42-22-10-3-11-23-42)64-61(66-62)43-24-12-4-13-25-43)57(63-39-46)45-31-35-56-53(37-45)51-34-33-50-49-28-16-17-29-55(49)67(58(50)59(51)68-56)47-26-14-5-15-27-47/h2*1-39H. The van der Waals surface area contributed by atoms with Crippen LogP contribution in [0.3, 0.4) is 0 Å². The summed E-state index contributed by atoms with van der Waals surface area (Å²) < 4.78 is 9.73. The van der Waals surface area contributed by atoms with Crippen LogP contribution in [0.2, 0.25) is 0 Å². The first kappa shape index (κ1) is 80.4. The lowest BCUT2D eigenvalue weighted by molar-refractivity contribution is 1.07. The highest BCUT2D eigenvalue weighted by Gasteiger charge is 2.28. The van der Waals surface area contributed by atoms with Gasteiger partial charge in [0.2, 0.25) is 0 Å². The number of pyridine rings is 2. The lowest BCUT2D eigenvalue weighted by Gasteiger charge is -2.16. The van der Waals surface area contributed by atoms with Crippen LogP contribution in [0.1, 0.15) is 0 Å². The second kappa shape index (κ2) is 34.6. The molecule has 0 radical (unpaired) electrons. The largest absolute Gasteiger partial charge is 0.308 e. The molecule has 26 aromatic rings. The van der Waals surface area contributed by atoms with Crippen molar-refractivity contribution in [3.63, 3.8) is 0 Å². The maximum Gasteiger partial charge on any atom is 0.166 e. The van der Waals surface area contributed by atoms with Gasteiger partial charge in [-0.15, -0.1) is 22.7 Å². The summed E-state index contributed by atoms with van der Waals surface area (Å²) in [5.74, 6) is 3.49. The van der Waals surface area contributed by atoms with E-state index in [1.165, 1.54) is 89.7 Å². The number of fused-ring (bicyclic) bond motifs is 14. The van der Waals surface area contributed by atoms with Crippen LogP contribution in [0.25, 0.3) is 253 Å². The van der Waals surface area contributed by atoms with E-state index >= 15 is 0 Å². The lowest BCUT2D eigenvalue weighted by Crippen LogP contribution is -2.02. The third-order valence-corrected chi connectivity index (χ3v) is 28.2. The first-order valence-electron chi connectivity index (χ1n) is 45.6. The first-order valence-corrected chi connectivity index (χ1v) is 47.2. The Hall–Kier alpha value is -17.7. The van der Waals surface area contributed by atoms with Gasteiger partial charge >= 0.3 is 0 Å². The molecule has 636 valence electrons. The van der Waals surface area contributed by atoms with Crippen molar-refractivity contribution in [1.82, 2.24) is 49.0 Å². The molecule has 0 spiro atoms. The van der Waals surface area contributed by atoms with E-state index < -0.39 is 0 Å². The van der Waals surface area contributed by atoms with Crippen molar-refractivity contribution in [2.45, 2.75) is 0 Å². The summed E-state index contributed by atoms with van der Waals surface area (Å²) in [6, 6.07) is 162. The molecule has 0 amide bonds. The van der Waals surface area contributed by atoms with Gasteiger partial charge < -0.3 is 9.13 Å². The minimum Gasteiger partial charge on any atom is -0.308 e. The molecule has 18 aromatic carbocycles. The summed E-state index contributed by atoms with van der Waals surface area (Å²) in [5, 5.41) is 9.67. The van der Waals surface area contributed by atoms with Crippen LogP contribution < -0.4 is 0 Å². The fourth-order valence-electron chi connectivity index (χ4n) is 19.4. The monoisotopic (exact) mass is 1770 g/mol.